The van der Waals surface area contributed by atoms with Crippen LogP contribution in [-0.4, -0.2) is 258 Å². The lowest BCUT2D eigenvalue weighted by Gasteiger charge is -2.34. The van der Waals surface area contributed by atoms with Crippen LogP contribution in [0.5, 0.6) is 5.75 Å². The highest BCUT2D eigenvalue weighted by molar-refractivity contribution is 6.07. The van der Waals surface area contributed by atoms with Gasteiger partial charge in [0.25, 0.3) is 11.8 Å². The molecule has 4 heterocycles. The molecule has 3 aliphatic heterocycles. The molecule has 3 aliphatic rings. The van der Waals surface area contributed by atoms with Crippen LogP contribution in [0.2, 0.25) is 0 Å². The third kappa shape index (κ3) is 24.3. The second-order valence-corrected chi connectivity index (χ2v) is 23.4. The number of carboxylic acids is 3. The fraction of sp³-hybridized carbons (Fsp3) is 0.597. The monoisotopic (exact) mass is 1250 g/mol. The lowest BCUT2D eigenvalue weighted by Crippen LogP contribution is -2.55. The fourth-order valence-electron chi connectivity index (χ4n) is 11.3. The van der Waals surface area contributed by atoms with Crippen LogP contribution in [-0.2, 0) is 44.8 Å². The molecule has 27 heteroatoms. The first-order valence-electron chi connectivity index (χ1n) is 30.7. The average molecular weight is 1250 g/mol. The standard InChI is InChI=1S/C62H88F2N12O13/c1-43-12-14-45(15-13-43)8-6-11-53(77)67-21-5-4-10-52(70-54(78)38-71-25-27-72(39-56(80)81)29-31-74(41-58(84)85)32-30-73(28-26-71)40-57(82)83)60(87)69-44(2)61(88)75-23-19-46(20-24-75)9-7-33-89-48-16-17-51-50(34-48)49(18-22-66-51)59(86)68-37-55(79)76-42-62(63,64)35-47(76)36-65-3/h12-18,22,34,36,44,46-47,52H,4-11,19-21,23-33,35,37-42H2,1-3H3,(H,67,77)(H,68,86)(H,69,87)(H,70,78)(H,80,81)(H,82,83)(H,84,85)/t44-,47+,52?/m0/s1. The van der Waals surface area contributed by atoms with Crippen molar-refractivity contribution in [1.29, 1.82) is 0 Å². The number of ether oxygens (including phenoxy) is 1. The van der Waals surface area contributed by atoms with Crippen LogP contribution in [0.25, 0.3) is 10.9 Å². The zero-order valence-corrected chi connectivity index (χ0v) is 51.3. The lowest BCUT2D eigenvalue weighted by molar-refractivity contribution is -0.140. The third-order valence-corrected chi connectivity index (χ3v) is 16.2. The van der Waals surface area contributed by atoms with Crippen molar-refractivity contribution in [3.05, 3.63) is 71.4 Å². The number of benzene rings is 2. The van der Waals surface area contributed by atoms with E-state index in [1.54, 1.807) is 49.6 Å². The van der Waals surface area contributed by atoms with E-state index in [4.69, 9.17) is 4.74 Å². The number of hydrogen-bond acceptors (Lipinski definition) is 16. The molecule has 6 rings (SSSR count). The molecule has 3 saturated heterocycles. The van der Waals surface area contributed by atoms with Crippen molar-refractivity contribution in [2.75, 3.05) is 125 Å². The van der Waals surface area contributed by atoms with E-state index in [0.717, 1.165) is 28.9 Å². The molecule has 3 fully saturated rings. The van der Waals surface area contributed by atoms with Crippen LogP contribution in [0.4, 0.5) is 8.78 Å². The molecule has 7 N–H and O–H groups in total. The van der Waals surface area contributed by atoms with Gasteiger partial charge in [-0.2, -0.15) is 0 Å². The maximum atomic E-state index is 14.2. The van der Waals surface area contributed by atoms with Gasteiger partial charge in [0.05, 0.1) is 63.0 Å². The number of fused-ring (bicyclic) bond motifs is 1. The number of aryl methyl sites for hydroxylation is 2. The topological polar surface area (TPSA) is 316 Å². The molecule has 2 aromatic carbocycles. The number of alkyl halides is 2. The number of carbonyl (C=O) groups is 9. The van der Waals surface area contributed by atoms with Crippen LogP contribution >= 0.6 is 0 Å². The minimum Gasteiger partial charge on any atom is -0.494 e. The second-order valence-electron chi connectivity index (χ2n) is 23.4. The number of aromatic nitrogens is 1. The van der Waals surface area contributed by atoms with Crippen molar-refractivity contribution < 1.29 is 72.0 Å². The second kappa shape index (κ2) is 35.4. The zero-order valence-electron chi connectivity index (χ0n) is 51.3. The number of piperidine rings is 1. The molecular weight excluding hydrogens is 1160 g/mol. The molecule has 488 valence electrons. The first-order chi connectivity index (χ1) is 42.5. The summed E-state index contributed by atoms with van der Waals surface area (Å²) in [5.41, 5.74) is 3.05. The van der Waals surface area contributed by atoms with E-state index in [-0.39, 0.29) is 108 Å². The molecule has 6 amide bonds. The van der Waals surface area contributed by atoms with Gasteiger partial charge < -0.3 is 51.1 Å². The van der Waals surface area contributed by atoms with E-state index in [0.29, 0.717) is 87.8 Å². The van der Waals surface area contributed by atoms with Crippen molar-refractivity contribution >= 4 is 70.5 Å². The Kier molecular flexibility index (Phi) is 28.0. The molecule has 0 bridgehead atoms. The van der Waals surface area contributed by atoms with Crippen molar-refractivity contribution in [3.8, 4) is 5.75 Å². The third-order valence-electron chi connectivity index (χ3n) is 16.2. The summed E-state index contributed by atoms with van der Waals surface area (Å²) in [6.45, 7) is 4.32. The molecule has 89 heavy (non-hydrogen) atoms. The summed E-state index contributed by atoms with van der Waals surface area (Å²) < 4.78 is 34.4. The summed E-state index contributed by atoms with van der Waals surface area (Å²) >= 11 is 0. The van der Waals surface area contributed by atoms with Crippen molar-refractivity contribution in [2.24, 2.45) is 10.9 Å². The quantitative estimate of drug-likeness (QED) is 0.0372. The maximum Gasteiger partial charge on any atom is 0.317 e. The van der Waals surface area contributed by atoms with Gasteiger partial charge in [0, 0.05) is 110 Å². The molecule has 0 spiro atoms. The number of unbranched alkanes of at least 4 members (excludes halogenated alkanes) is 1. The van der Waals surface area contributed by atoms with Crippen LogP contribution in [0, 0.1) is 12.8 Å². The Morgan fingerprint density at radius 3 is 1.94 bits per heavy atom. The first-order valence-corrected chi connectivity index (χ1v) is 30.7. The Morgan fingerprint density at radius 1 is 0.742 bits per heavy atom. The predicted molar refractivity (Wildman–Crippen MR) is 327 cm³/mol. The molecular formula is C62H88F2N12O13. The van der Waals surface area contributed by atoms with Crippen molar-refractivity contribution in [1.82, 2.24) is 55.7 Å². The summed E-state index contributed by atoms with van der Waals surface area (Å²) in [4.78, 5) is 134. The van der Waals surface area contributed by atoms with Gasteiger partial charge in [0.15, 0.2) is 0 Å². The highest BCUT2D eigenvalue weighted by Gasteiger charge is 2.46. The number of pyridine rings is 1. The highest BCUT2D eigenvalue weighted by Crippen LogP contribution is 2.31. The number of nitrogens with one attached hydrogen (secondary N) is 4. The van der Waals surface area contributed by atoms with Crippen LogP contribution in [0.3, 0.4) is 0 Å². The Morgan fingerprint density at radius 2 is 1.35 bits per heavy atom. The number of hydrogen-bond donors (Lipinski definition) is 7. The van der Waals surface area contributed by atoms with Gasteiger partial charge in [-0.1, -0.05) is 29.8 Å². The zero-order chi connectivity index (χ0) is 64.5. The summed E-state index contributed by atoms with van der Waals surface area (Å²) in [5.74, 6) is -8.25. The van der Waals surface area contributed by atoms with Crippen LogP contribution in [0.1, 0.15) is 92.6 Å². The van der Waals surface area contributed by atoms with E-state index in [1.165, 1.54) is 25.5 Å². The number of aliphatic imine (C=N–C) groups is 1. The maximum absolute atomic E-state index is 14.2. The van der Waals surface area contributed by atoms with Gasteiger partial charge in [-0.15, -0.1) is 0 Å². The largest absolute Gasteiger partial charge is 0.494 e. The molecule has 25 nitrogen and oxygen atoms in total. The normalized spacial score (nSPS) is 18.3. The van der Waals surface area contributed by atoms with Crippen molar-refractivity contribution in [3.63, 3.8) is 0 Å². The van der Waals surface area contributed by atoms with Crippen LogP contribution < -0.4 is 26.0 Å². The summed E-state index contributed by atoms with van der Waals surface area (Å²) in [6, 6.07) is 11.9. The van der Waals surface area contributed by atoms with Crippen molar-refractivity contribution in [2.45, 2.75) is 109 Å². The number of nitrogens with zero attached hydrogens (tertiary/aromatic N) is 8. The summed E-state index contributed by atoms with van der Waals surface area (Å²) in [5, 5.41) is 40.6. The summed E-state index contributed by atoms with van der Waals surface area (Å²) in [6.07, 6.45) is 8.03. The average Bonchev–Trinajstić information content (AvgIpc) is 3.00. The first kappa shape index (κ1) is 70.3. The number of carboxylic acid groups (broad SMARTS) is 3. The number of rotatable bonds is 30. The van der Waals surface area contributed by atoms with Gasteiger partial charge in [-0.25, -0.2) is 8.78 Å². The minimum absolute atomic E-state index is 0.0972. The number of likely N-dealkylation sites (tertiary alicyclic amines) is 2. The van der Waals surface area contributed by atoms with E-state index in [2.05, 4.69) is 31.2 Å². The smallest absolute Gasteiger partial charge is 0.317 e. The Bertz CT molecular complexity index is 2880. The van der Waals surface area contributed by atoms with E-state index >= 15 is 0 Å². The van der Waals surface area contributed by atoms with Gasteiger partial charge >= 0.3 is 17.9 Å². The molecule has 3 atom stereocenters. The number of halogens is 2. The van der Waals surface area contributed by atoms with Gasteiger partial charge in [0.1, 0.15) is 17.8 Å². The molecule has 0 radical (unpaired) electrons. The molecule has 1 aromatic heterocycles. The Balaban J connectivity index is 1.000. The van der Waals surface area contributed by atoms with Gasteiger partial charge in [-0.05, 0) is 107 Å². The lowest BCUT2D eigenvalue weighted by atomic mass is 9.92. The van der Waals surface area contributed by atoms with E-state index in [9.17, 15) is 67.3 Å². The Hall–Kier alpha value is -7.75. The minimum atomic E-state index is -3.06. The summed E-state index contributed by atoms with van der Waals surface area (Å²) in [7, 11) is 1.44. The van der Waals surface area contributed by atoms with E-state index < -0.39 is 85.1 Å². The van der Waals surface area contributed by atoms with E-state index in [1.807, 2.05) is 31.2 Å². The fourth-order valence-corrected chi connectivity index (χ4v) is 11.3. The highest BCUT2D eigenvalue weighted by atomic mass is 19.3. The number of aliphatic carboxylic acids is 3. The molecule has 3 aromatic rings. The number of carbonyl (C=O) groups excluding carboxylic acids is 6. The molecule has 0 aliphatic carbocycles. The number of amides is 6. The SMILES string of the molecule is CN=C[C@H]1CC(F)(F)CN1C(=O)CNC(=O)c1ccnc2ccc(OCCCC3CCN(C(=O)[C@H](C)NC(=O)C(CCCCNC(=O)CCCc4ccc(C)cc4)NC(=O)CN4CCN(CC(=O)O)CCN(CC(=O)O)CCN(CC(=O)O)CC4)CC3)cc12. The van der Waals surface area contributed by atoms with Crippen LogP contribution in [0.15, 0.2) is 59.7 Å². The predicted octanol–water partition coefficient (Wildman–Crippen LogP) is 2.38. The van der Waals surface area contributed by atoms with Gasteiger partial charge in [0.2, 0.25) is 29.5 Å². The molecule has 1 unspecified atom stereocenters. The van der Waals surface area contributed by atoms with Gasteiger partial charge in [-0.3, -0.25) is 72.7 Å². The Labute approximate surface area is 517 Å². The molecule has 0 saturated carbocycles.